The molecule has 144 valence electrons. The van der Waals surface area contributed by atoms with Crippen molar-refractivity contribution in [3.05, 3.63) is 29.8 Å². The normalized spacial score (nSPS) is 15.3. The van der Waals surface area contributed by atoms with Gasteiger partial charge in [-0.25, -0.2) is 0 Å². The zero-order valence-corrected chi connectivity index (χ0v) is 15.6. The summed E-state index contributed by atoms with van der Waals surface area (Å²) in [4.78, 5) is 36.3. The van der Waals surface area contributed by atoms with Gasteiger partial charge in [-0.05, 0) is 30.5 Å². The topological polar surface area (TPSA) is 111 Å². The van der Waals surface area contributed by atoms with Crippen LogP contribution in [0.25, 0.3) is 0 Å². The van der Waals surface area contributed by atoms with Gasteiger partial charge in [-0.2, -0.15) is 5.26 Å². The van der Waals surface area contributed by atoms with Crippen LogP contribution in [-0.2, 0) is 9.59 Å². The quantitative estimate of drug-likeness (QED) is 0.640. The van der Waals surface area contributed by atoms with Crippen LogP contribution in [0, 0.1) is 17.2 Å². The molecular formula is C20H26N4O3. The second-order valence-electron chi connectivity index (χ2n) is 6.90. The highest BCUT2D eigenvalue weighted by Gasteiger charge is 2.26. The van der Waals surface area contributed by atoms with E-state index in [2.05, 4.69) is 16.0 Å². The monoisotopic (exact) mass is 370 g/mol. The molecule has 7 nitrogen and oxygen atoms in total. The van der Waals surface area contributed by atoms with Gasteiger partial charge in [0.05, 0.1) is 6.07 Å². The minimum Gasteiger partial charge on any atom is -0.341 e. The molecule has 0 saturated heterocycles. The summed E-state index contributed by atoms with van der Waals surface area (Å²) in [5.41, 5.74) is 0.885. The molecule has 0 spiro atoms. The molecule has 7 heteroatoms. The molecule has 0 aromatic heterocycles. The van der Waals surface area contributed by atoms with Crippen molar-refractivity contribution in [1.29, 1.82) is 5.26 Å². The van der Waals surface area contributed by atoms with Crippen molar-refractivity contribution < 1.29 is 14.4 Å². The zero-order chi connectivity index (χ0) is 19.6. The standard InChI is InChI=1S/C20H26N4O3/c1-14(25)23-17-9-5-8-16(13-17)19(26)24-18(20(27)22-11-10-21)12-15-6-3-2-4-7-15/h5,8-9,13,15,18H,2-4,6-7,11-12H2,1H3,(H,22,27)(H,23,25)(H,24,26)/t18-/m0/s1. The van der Waals surface area contributed by atoms with Crippen LogP contribution in [0.3, 0.4) is 0 Å². The lowest BCUT2D eigenvalue weighted by atomic mass is 9.84. The summed E-state index contributed by atoms with van der Waals surface area (Å²) in [6, 6.07) is 7.77. The molecule has 1 aliphatic carbocycles. The number of hydrogen-bond donors (Lipinski definition) is 3. The smallest absolute Gasteiger partial charge is 0.252 e. The number of carbonyl (C=O) groups is 3. The third-order valence-electron chi connectivity index (χ3n) is 4.70. The van der Waals surface area contributed by atoms with Crippen LogP contribution in [0.5, 0.6) is 0 Å². The summed E-state index contributed by atoms with van der Waals surface area (Å²) in [6.07, 6.45) is 6.16. The first kappa shape index (κ1) is 20.4. The van der Waals surface area contributed by atoms with Crippen LogP contribution in [-0.4, -0.2) is 30.3 Å². The van der Waals surface area contributed by atoms with Gasteiger partial charge in [-0.1, -0.05) is 38.2 Å². The van der Waals surface area contributed by atoms with E-state index < -0.39 is 6.04 Å². The van der Waals surface area contributed by atoms with Gasteiger partial charge >= 0.3 is 0 Å². The van der Waals surface area contributed by atoms with Crippen molar-refractivity contribution in [3.63, 3.8) is 0 Å². The number of anilines is 1. The fourth-order valence-corrected chi connectivity index (χ4v) is 3.42. The molecule has 2 rings (SSSR count). The highest BCUT2D eigenvalue weighted by molar-refractivity contribution is 5.99. The van der Waals surface area contributed by atoms with E-state index >= 15 is 0 Å². The summed E-state index contributed by atoms with van der Waals surface area (Å²) < 4.78 is 0. The predicted molar refractivity (Wildman–Crippen MR) is 102 cm³/mol. The Bertz CT molecular complexity index is 720. The Balaban J connectivity index is 2.08. The number of benzene rings is 1. The Morgan fingerprint density at radius 1 is 1.22 bits per heavy atom. The van der Waals surface area contributed by atoms with Gasteiger partial charge in [0, 0.05) is 18.2 Å². The first-order valence-corrected chi connectivity index (χ1v) is 9.32. The number of carbonyl (C=O) groups excluding carboxylic acids is 3. The van der Waals surface area contributed by atoms with E-state index in [-0.39, 0.29) is 24.3 Å². The number of amides is 3. The van der Waals surface area contributed by atoms with Gasteiger partial charge in [0.15, 0.2) is 0 Å². The van der Waals surface area contributed by atoms with Crippen molar-refractivity contribution in [1.82, 2.24) is 10.6 Å². The molecule has 1 fully saturated rings. The van der Waals surface area contributed by atoms with Gasteiger partial charge in [0.25, 0.3) is 5.91 Å². The summed E-state index contributed by atoms with van der Waals surface area (Å²) in [7, 11) is 0. The average Bonchev–Trinajstić information content (AvgIpc) is 2.66. The van der Waals surface area contributed by atoms with Crippen LogP contribution in [0.15, 0.2) is 24.3 Å². The minimum atomic E-state index is -0.682. The van der Waals surface area contributed by atoms with Crippen LogP contribution >= 0.6 is 0 Å². The summed E-state index contributed by atoms with van der Waals surface area (Å²) in [5, 5.41) is 16.7. The largest absolute Gasteiger partial charge is 0.341 e. The fourth-order valence-electron chi connectivity index (χ4n) is 3.42. The summed E-state index contributed by atoms with van der Waals surface area (Å²) >= 11 is 0. The number of nitrogens with zero attached hydrogens (tertiary/aromatic N) is 1. The molecule has 1 aliphatic rings. The highest BCUT2D eigenvalue weighted by atomic mass is 16.2. The molecule has 0 aliphatic heterocycles. The fraction of sp³-hybridized carbons (Fsp3) is 0.500. The maximum Gasteiger partial charge on any atom is 0.252 e. The molecular weight excluding hydrogens is 344 g/mol. The van der Waals surface area contributed by atoms with Crippen LogP contribution in [0.1, 0.15) is 55.8 Å². The minimum absolute atomic E-state index is 0.0894. The van der Waals surface area contributed by atoms with E-state index in [0.29, 0.717) is 23.6 Å². The number of nitrogens with one attached hydrogen (secondary N) is 3. The van der Waals surface area contributed by atoms with Crippen molar-refractivity contribution in [2.24, 2.45) is 5.92 Å². The Morgan fingerprint density at radius 3 is 2.63 bits per heavy atom. The molecule has 0 heterocycles. The Hall–Kier alpha value is -2.88. The lowest BCUT2D eigenvalue weighted by Gasteiger charge is -2.26. The maximum atomic E-state index is 12.6. The van der Waals surface area contributed by atoms with Gasteiger partial charge < -0.3 is 16.0 Å². The third-order valence-corrected chi connectivity index (χ3v) is 4.70. The Kier molecular flexibility index (Phi) is 7.80. The second kappa shape index (κ2) is 10.3. The van der Waals surface area contributed by atoms with Crippen molar-refractivity contribution in [2.75, 3.05) is 11.9 Å². The van der Waals surface area contributed by atoms with Gasteiger partial charge in [0.2, 0.25) is 11.8 Å². The lowest BCUT2D eigenvalue weighted by Crippen LogP contribution is -2.48. The first-order chi connectivity index (χ1) is 13.0. The Morgan fingerprint density at radius 2 is 1.96 bits per heavy atom. The van der Waals surface area contributed by atoms with E-state index in [0.717, 1.165) is 25.7 Å². The van der Waals surface area contributed by atoms with E-state index in [1.54, 1.807) is 24.3 Å². The van der Waals surface area contributed by atoms with E-state index in [1.807, 2.05) is 6.07 Å². The maximum absolute atomic E-state index is 12.6. The predicted octanol–water partition coefficient (Wildman–Crippen LogP) is 2.35. The van der Waals surface area contributed by atoms with Crippen molar-refractivity contribution in [2.45, 2.75) is 51.5 Å². The van der Waals surface area contributed by atoms with Crippen LogP contribution < -0.4 is 16.0 Å². The van der Waals surface area contributed by atoms with Gasteiger partial charge in [-0.3, -0.25) is 14.4 Å². The van der Waals surface area contributed by atoms with Gasteiger partial charge in [-0.15, -0.1) is 0 Å². The third kappa shape index (κ3) is 6.74. The number of hydrogen-bond acceptors (Lipinski definition) is 4. The molecule has 27 heavy (non-hydrogen) atoms. The molecule has 0 unspecified atom stereocenters. The van der Waals surface area contributed by atoms with Gasteiger partial charge in [0.1, 0.15) is 12.6 Å². The summed E-state index contributed by atoms with van der Waals surface area (Å²) in [6.45, 7) is 1.31. The molecule has 3 N–H and O–H groups in total. The molecule has 1 aromatic rings. The molecule has 1 saturated carbocycles. The SMILES string of the molecule is CC(=O)Nc1cccc(C(=O)N[C@@H](CC2CCCCC2)C(=O)NCC#N)c1. The van der Waals surface area contributed by atoms with Crippen molar-refractivity contribution in [3.8, 4) is 6.07 Å². The number of nitriles is 1. The van der Waals surface area contributed by atoms with Crippen molar-refractivity contribution >= 4 is 23.4 Å². The highest BCUT2D eigenvalue weighted by Crippen LogP contribution is 2.27. The first-order valence-electron chi connectivity index (χ1n) is 9.32. The van der Waals surface area contributed by atoms with E-state index in [1.165, 1.54) is 13.3 Å². The van der Waals surface area contributed by atoms with E-state index in [9.17, 15) is 14.4 Å². The second-order valence-corrected chi connectivity index (χ2v) is 6.90. The number of rotatable bonds is 7. The zero-order valence-electron chi connectivity index (χ0n) is 15.6. The van der Waals surface area contributed by atoms with Crippen LogP contribution in [0.2, 0.25) is 0 Å². The molecule has 0 radical (unpaired) electrons. The summed E-state index contributed by atoms with van der Waals surface area (Å²) in [5.74, 6) is -0.551. The lowest BCUT2D eigenvalue weighted by molar-refractivity contribution is -0.123. The molecule has 3 amide bonds. The molecule has 1 atom stereocenters. The molecule has 0 bridgehead atoms. The Labute approximate surface area is 159 Å². The average molecular weight is 370 g/mol. The molecule has 1 aromatic carbocycles. The van der Waals surface area contributed by atoms with Crippen LogP contribution in [0.4, 0.5) is 5.69 Å². The van der Waals surface area contributed by atoms with E-state index in [4.69, 9.17) is 5.26 Å².